The summed E-state index contributed by atoms with van der Waals surface area (Å²) in [6.45, 7) is 3.75. The zero-order chi connectivity index (χ0) is 41.6. The number of aliphatic hydroxyl groups excluding tert-OH is 5. The molecule has 1 fully saturated rings. The van der Waals surface area contributed by atoms with Gasteiger partial charge in [0.05, 0.1) is 25.4 Å². The molecule has 7 unspecified atom stereocenters. The first-order valence-electron chi connectivity index (χ1n) is 24.1. The topological polar surface area (TPSA) is 149 Å². The Morgan fingerprint density at radius 3 is 1.42 bits per heavy atom. The number of ether oxygens (including phenoxy) is 2. The second kappa shape index (κ2) is 38.8. The fourth-order valence-electron chi connectivity index (χ4n) is 7.62. The van der Waals surface area contributed by atoms with Crippen LogP contribution in [0.15, 0.2) is 24.3 Å². The Morgan fingerprint density at radius 2 is 0.982 bits per heavy atom. The molecule has 6 N–H and O–H groups in total. The minimum absolute atomic E-state index is 0.181. The highest BCUT2D eigenvalue weighted by molar-refractivity contribution is 5.76. The Hall–Kier alpha value is -1.33. The van der Waals surface area contributed by atoms with Gasteiger partial charge in [-0.05, 0) is 44.9 Å². The summed E-state index contributed by atoms with van der Waals surface area (Å²) in [4.78, 5) is 12.9. The summed E-state index contributed by atoms with van der Waals surface area (Å²) in [6.07, 6.45) is 39.5. The molecule has 0 spiro atoms. The van der Waals surface area contributed by atoms with Crippen molar-refractivity contribution in [2.45, 2.75) is 262 Å². The fraction of sp³-hybridized carbons (Fsp3) is 0.896. The van der Waals surface area contributed by atoms with Gasteiger partial charge in [0.15, 0.2) is 6.29 Å². The van der Waals surface area contributed by atoms with Crippen LogP contribution in [0, 0.1) is 0 Å². The number of allylic oxidation sites excluding steroid dienone is 3. The number of rotatable bonds is 40. The molecule has 0 bridgehead atoms. The highest BCUT2D eigenvalue weighted by Crippen LogP contribution is 2.23. The van der Waals surface area contributed by atoms with E-state index in [0.717, 1.165) is 38.5 Å². The van der Waals surface area contributed by atoms with Crippen molar-refractivity contribution in [2.24, 2.45) is 0 Å². The Balaban J connectivity index is 2.23. The van der Waals surface area contributed by atoms with E-state index < -0.39 is 49.5 Å². The van der Waals surface area contributed by atoms with E-state index in [1.165, 1.54) is 161 Å². The van der Waals surface area contributed by atoms with Crippen molar-refractivity contribution in [2.75, 3.05) is 13.2 Å². The van der Waals surface area contributed by atoms with Gasteiger partial charge in [-0.2, -0.15) is 0 Å². The summed E-state index contributed by atoms with van der Waals surface area (Å²) in [5.74, 6) is -0.181. The lowest BCUT2D eigenvalue weighted by molar-refractivity contribution is -0.302. The van der Waals surface area contributed by atoms with E-state index in [-0.39, 0.29) is 12.5 Å². The number of carbonyl (C=O) groups is 1. The summed E-state index contributed by atoms with van der Waals surface area (Å²) in [7, 11) is 0. The molecule has 1 heterocycles. The molecule has 0 aliphatic carbocycles. The third-order valence-electron chi connectivity index (χ3n) is 11.5. The van der Waals surface area contributed by atoms with Crippen LogP contribution in [-0.4, -0.2) is 87.5 Å². The van der Waals surface area contributed by atoms with Crippen molar-refractivity contribution >= 4 is 5.91 Å². The fourth-order valence-corrected chi connectivity index (χ4v) is 7.62. The third kappa shape index (κ3) is 29.5. The SMILES string of the molecule is CCCCCCCCCC/C=C/C(O)C(COC1OC(CO)C(O)C(O)C1O)NC(=O)CCCCCCCCCC/C=C\CCCCCCCCCCCCCC. The summed E-state index contributed by atoms with van der Waals surface area (Å²) in [5.41, 5.74) is 0. The van der Waals surface area contributed by atoms with E-state index in [1.54, 1.807) is 6.08 Å². The van der Waals surface area contributed by atoms with Gasteiger partial charge in [-0.15, -0.1) is 0 Å². The van der Waals surface area contributed by atoms with E-state index in [0.29, 0.717) is 6.42 Å². The van der Waals surface area contributed by atoms with E-state index in [1.807, 2.05) is 6.08 Å². The maximum atomic E-state index is 12.9. The molecule has 0 radical (unpaired) electrons. The number of hydrogen-bond donors (Lipinski definition) is 6. The van der Waals surface area contributed by atoms with Gasteiger partial charge >= 0.3 is 0 Å². The Morgan fingerprint density at radius 1 is 0.579 bits per heavy atom. The summed E-state index contributed by atoms with van der Waals surface area (Å²) < 4.78 is 11.2. The molecule has 0 aromatic carbocycles. The number of hydrogen-bond acceptors (Lipinski definition) is 8. The van der Waals surface area contributed by atoms with Gasteiger partial charge in [0.2, 0.25) is 5.91 Å². The maximum Gasteiger partial charge on any atom is 0.220 e. The van der Waals surface area contributed by atoms with Crippen LogP contribution in [0.2, 0.25) is 0 Å². The molecular weight excluding hydrogens is 719 g/mol. The molecule has 1 aliphatic heterocycles. The second-order valence-electron chi connectivity index (χ2n) is 16.9. The number of amides is 1. The molecule has 0 aromatic heterocycles. The Labute approximate surface area is 349 Å². The Kier molecular flexibility index (Phi) is 36.6. The quantitative estimate of drug-likeness (QED) is 0.0265. The van der Waals surface area contributed by atoms with Crippen molar-refractivity contribution in [3.8, 4) is 0 Å². The largest absolute Gasteiger partial charge is 0.394 e. The molecule has 1 saturated heterocycles. The van der Waals surface area contributed by atoms with E-state index in [9.17, 15) is 30.3 Å². The van der Waals surface area contributed by atoms with E-state index in [4.69, 9.17) is 9.47 Å². The molecule has 0 saturated carbocycles. The van der Waals surface area contributed by atoms with Crippen molar-refractivity contribution in [1.82, 2.24) is 5.32 Å². The lowest BCUT2D eigenvalue weighted by atomic mass is 9.99. The summed E-state index contributed by atoms with van der Waals surface area (Å²) in [6, 6.07) is -0.802. The van der Waals surface area contributed by atoms with Crippen LogP contribution in [0.25, 0.3) is 0 Å². The minimum atomic E-state index is -1.56. The number of nitrogens with one attached hydrogen (secondary N) is 1. The van der Waals surface area contributed by atoms with Gasteiger partial charge in [-0.1, -0.05) is 192 Å². The predicted molar refractivity (Wildman–Crippen MR) is 235 cm³/mol. The van der Waals surface area contributed by atoms with Gasteiger partial charge < -0.3 is 40.3 Å². The maximum absolute atomic E-state index is 12.9. The average Bonchev–Trinajstić information content (AvgIpc) is 3.21. The summed E-state index contributed by atoms with van der Waals surface area (Å²) in [5, 5.41) is 54.1. The first-order chi connectivity index (χ1) is 27.8. The van der Waals surface area contributed by atoms with Crippen LogP contribution < -0.4 is 5.32 Å². The number of carbonyl (C=O) groups excluding carboxylic acids is 1. The standard InChI is InChI=1S/C48H91NO8/c1-3-5-7-9-11-13-15-16-17-18-19-20-21-22-23-24-25-26-27-28-30-32-34-36-38-44(52)49-41(40-56-48-47(55)46(54)45(53)43(39-50)57-48)42(51)37-35-33-31-29-14-12-10-8-6-4-2/h22-23,35,37,41-43,45-48,50-51,53-55H,3-21,24-34,36,38-40H2,1-2H3,(H,49,52)/b23-22-,37-35+. The Bertz CT molecular complexity index is 945. The average molecular weight is 810 g/mol. The van der Waals surface area contributed by atoms with E-state index >= 15 is 0 Å². The molecule has 57 heavy (non-hydrogen) atoms. The monoisotopic (exact) mass is 810 g/mol. The second-order valence-corrected chi connectivity index (χ2v) is 16.9. The highest BCUT2D eigenvalue weighted by atomic mass is 16.7. The van der Waals surface area contributed by atoms with Crippen LogP contribution in [0.3, 0.4) is 0 Å². The van der Waals surface area contributed by atoms with Gasteiger partial charge in [-0.3, -0.25) is 4.79 Å². The first-order valence-corrected chi connectivity index (χ1v) is 24.1. The van der Waals surface area contributed by atoms with Crippen molar-refractivity contribution < 1.29 is 39.8 Å². The smallest absolute Gasteiger partial charge is 0.220 e. The van der Waals surface area contributed by atoms with Crippen LogP contribution >= 0.6 is 0 Å². The van der Waals surface area contributed by atoms with Gasteiger partial charge in [-0.25, -0.2) is 0 Å². The molecule has 0 aromatic rings. The highest BCUT2D eigenvalue weighted by Gasteiger charge is 2.44. The molecule has 9 nitrogen and oxygen atoms in total. The number of unbranched alkanes of at least 4 members (excludes halogenated alkanes) is 28. The lowest BCUT2D eigenvalue weighted by Gasteiger charge is -2.40. The molecule has 336 valence electrons. The molecule has 7 atom stereocenters. The zero-order valence-corrected chi connectivity index (χ0v) is 36.9. The molecule has 1 rings (SSSR count). The number of aliphatic hydroxyl groups is 5. The van der Waals surface area contributed by atoms with Crippen LogP contribution in [0.1, 0.15) is 219 Å². The molecular formula is C48H91NO8. The molecule has 9 heteroatoms. The zero-order valence-electron chi connectivity index (χ0n) is 36.9. The van der Waals surface area contributed by atoms with E-state index in [2.05, 4.69) is 31.3 Å². The van der Waals surface area contributed by atoms with Gasteiger partial charge in [0.25, 0.3) is 0 Å². The third-order valence-corrected chi connectivity index (χ3v) is 11.5. The van der Waals surface area contributed by atoms with Crippen LogP contribution in [-0.2, 0) is 14.3 Å². The molecule has 1 aliphatic rings. The van der Waals surface area contributed by atoms with Gasteiger partial charge in [0, 0.05) is 6.42 Å². The summed E-state index contributed by atoms with van der Waals surface area (Å²) >= 11 is 0. The first kappa shape index (κ1) is 53.7. The predicted octanol–water partition coefficient (Wildman–Crippen LogP) is 10.3. The van der Waals surface area contributed by atoms with Crippen LogP contribution in [0.4, 0.5) is 0 Å². The van der Waals surface area contributed by atoms with Crippen molar-refractivity contribution in [1.29, 1.82) is 0 Å². The van der Waals surface area contributed by atoms with Crippen LogP contribution in [0.5, 0.6) is 0 Å². The normalized spacial score (nSPS) is 21.1. The minimum Gasteiger partial charge on any atom is -0.394 e. The molecule has 1 amide bonds. The van der Waals surface area contributed by atoms with Gasteiger partial charge in [0.1, 0.15) is 24.4 Å². The van der Waals surface area contributed by atoms with Crippen molar-refractivity contribution in [3.05, 3.63) is 24.3 Å². The lowest BCUT2D eigenvalue weighted by Crippen LogP contribution is -2.60. The van der Waals surface area contributed by atoms with Crippen molar-refractivity contribution in [3.63, 3.8) is 0 Å².